The fourth-order valence-electron chi connectivity index (χ4n) is 21.8. The van der Waals surface area contributed by atoms with Crippen molar-refractivity contribution in [3.05, 3.63) is 239 Å². The van der Waals surface area contributed by atoms with Gasteiger partial charge in [-0.2, -0.15) is 0 Å². The Morgan fingerprint density at radius 2 is 0.500 bits per heavy atom. The first-order valence-electron chi connectivity index (χ1n) is 46.0. The number of ether oxygens (including phenoxy) is 2. The molecule has 0 atom stereocenters. The third-order valence-electron chi connectivity index (χ3n) is 28.4. The number of benzene rings is 9. The zero-order valence-corrected chi connectivity index (χ0v) is 71.6. The molecular formula is C108H140N2O2. The molecule has 112 heavy (non-hydrogen) atoms. The smallest absolute Gasteiger partial charge is 0.0942 e. The van der Waals surface area contributed by atoms with Crippen molar-refractivity contribution in [2.75, 3.05) is 9.80 Å². The predicted molar refractivity (Wildman–Crippen MR) is 482 cm³/mol. The fourth-order valence-corrected chi connectivity index (χ4v) is 21.8. The monoisotopic (exact) mass is 1500 g/mol. The Balaban J connectivity index is 1.02. The number of nitrogens with zero attached hydrogens (tertiary/aromatic N) is 2. The Kier molecular flexibility index (Phi) is 27.5. The highest BCUT2D eigenvalue weighted by Gasteiger charge is 2.53. The van der Waals surface area contributed by atoms with E-state index in [0.29, 0.717) is 0 Å². The molecule has 9 aromatic carbocycles. The van der Waals surface area contributed by atoms with E-state index in [-0.39, 0.29) is 33.2 Å². The van der Waals surface area contributed by atoms with Gasteiger partial charge in [-0.05, 0) is 240 Å². The topological polar surface area (TPSA) is 24.9 Å². The molecule has 0 saturated carbocycles. The first-order chi connectivity index (χ1) is 54.9. The van der Waals surface area contributed by atoms with Crippen LogP contribution in [0, 0.1) is 0 Å². The lowest BCUT2D eigenvalue weighted by Crippen LogP contribution is -2.31. The second-order valence-corrected chi connectivity index (χ2v) is 34.5. The quantitative estimate of drug-likeness (QED) is 0.0355. The molecule has 2 aliphatic carbocycles. The van der Waals surface area contributed by atoms with Gasteiger partial charge in [0.15, 0.2) is 0 Å². The van der Waals surface area contributed by atoms with Crippen LogP contribution in [0.2, 0.25) is 0 Å². The van der Waals surface area contributed by atoms with Crippen LogP contribution < -0.4 is 9.80 Å². The molecule has 594 valence electrons. The molecule has 0 aromatic heterocycles. The van der Waals surface area contributed by atoms with Gasteiger partial charge in [0.25, 0.3) is 0 Å². The molecule has 4 heteroatoms. The average molecular weight is 1500 g/mol. The van der Waals surface area contributed by atoms with Crippen LogP contribution in [0.5, 0.6) is 0 Å². The molecule has 0 fully saturated rings. The van der Waals surface area contributed by atoms with Gasteiger partial charge in [-0.15, -0.1) is 0 Å². The van der Waals surface area contributed by atoms with E-state index in [1.807, 2.05) is 0 Å². The molecule has 0 bridgehead atoms. The van der Waals surface area contributed by atoms with Crippen LogP contribution in [-0.4, -0.2) is 0 Å². The first kappa shape index (κ1) is 82.5. The van der Waals surface area contributed by atoms with Crippen molar-refractivity contribution in [3.63, 3.8) is 0 Å². The van der Waals surface area contributed by atoms with E-state index in [1.54, 1.807) is 22.3 Å². The number of hydrogen-bond donors (Lipinski definition) is 0. The molecule has 0 unspecified atom stereocenters. The maximum absolute atomic E-state index is 7.40. The van der Waals surface area contributed by atoms with Crippen LogP contribution in [0.1, 0.15) is 359 Å². The maximum atomic E-state index is 7.40. The van der Waals surface area contributed by atoms with E-state index in [9.17, 15) is 0 Å². The molecule has 0 spiro atoms. The molecule has 2 aliphatic heterocycles. The number of anilines is 6. The zero-order valence-electron chi connectivity index (χ0n) is 71.6. The van der Waals surface area contributed by atoms with Gasteiger partial charge in [0, 0.05) is 44.7 Å². The standard InChI is InChI=1S/C108H140N2O2/c1-13-25-29-33-37-51-71-103(72-52-38-34-30-26-14-2)95-77-85(109(83-55-43-41-44-56-83)101-61-49-47-59-87(101)81-63-69-93-99(75-81)107(21-9,22-10)111-105(93,17-5)18-6)65-67-89(95)91-80-98-92(79-97(91)103)90-68-66-86(78-96(90)104(98,73-53-39-35-31-27-15-3)74-54-40-36-32-28-16-4)110(84-57-45-42-46-58-84)102-62-50-48-60-88(102)82-64-70-94-100(76-82)108(23-11,24-12)112-106(94,19-7)20-8/h41-50,55-70,75-80H,13-40,51-54,71-74H2,1-12H3. The number of para-hydroxylation sites is 4. The third kappa shape index (κ3) is 15.8. The van der Waals surface area contributed by atoms with Gasteiger partial charge in [0.1, 0.15) is 0 Å². The molecular weight excluding hydrogens is 1360 g/mol. The molecule has 13 rings (SSSR count). The molecule has 0 saturated heterocycles. The highest BCUT2D eigenvalue weighted by molar-refractivity contribution is 5.96. The summed E-state index contributed by atoms with van der Waals surface area (Å²) in [5, 5.41) is 0. The second-order valence-electron chi connectivity index (χ2n) is 34.5. The molecule has 0 N–H and O–H groups in total. The summed E-state index contributed by atoms with van der Waals surface area (Å²) in [5.41, 5.74) is 28.4. The average Bonchev–Trinajstić information content (AvgIpc) is 1.53. The first-order valence-corrected chi connectivity index (χ1v) is 46.0. The fraction of sp³-hybridized carbons (Fsp3) is 0.500. The Hall–Kier alpha value is -7.50. The van der Waals surface area contributed by atoms with Gasteiger partial charge < -0.3 is 19.3 Å². The summed E-state index contributed by atoms with van der Waals surface area (Å²) in [6.45, 7) is 28.1. The van der Waals surface area contributed by atoms with Crippen LogP contribution >= 0.6 is 0 Å². The van der Waals surface area contributed by atoms with Crippen molar-refractivity contribution < 1.29 is 9.47 Å². The van der Waals surface area contributed by atoms with Crippen LogP contribution in [-0.2, 0) is 42.7 Å². The third-order valence-corrected chi connectivity index (χ3v) is 28.4. The van der Waals surface area contributed by atoms with Crippen molar-refractivity contribution in [1.29, 1.82) is 0 Å². The Morgan fingerprint density at radius 1 is 0.214 bits per heavy atom. The summed E-state index contributed by atoms with van der Waals surface area (Å²) in [6.07, 6.45) is 42.9. The minimum Gasteiger partial charge on any atom is -0.359 e. The minimum absolute atomic E-state index is 0.189. The van der Waals surface area contributed by atoms with Crippen molar-refractivity contribution in [1.82, 2.24) is 0 Å². The Bertz CT molecular complexity index is 4200. The van der Waals surface area contributed by atoms with E-state index in [0.717, 1.165) is 77.0 Å². The van der Waals surface area contributed by atoms with Gasteiger partial charge in [0.2, 0.25) is 0 Å². The van der Waals surface area contributed by atoms with E-state index < -0.39 is 0 Å². The molecule has 4 nitrogen and oxygen atoms in total. The van der Waals surface area contributed by atoms with Gasteiger partial charge in [-0.1, -0.05) is 346 Å². The summed E-state index contributed by atoms with van der Waals surface area (Å²) in [6, 6.07) is 77.7. The SMILES string of the molecule is CCCCCCCCC1(CCCCCCCC)c2cc(N(c3ccccc3)c3ccccc3-c3ccc4c(c3)C(CC)(CC)OC4(CC)CC)ccc2-c2cc3c(cc21)-c1ccc(N(c2ccccc2)c2ccccc2-c2ccc4c(c2)C(CC)(CC)OC4(CC)CC)cc1C3(CCCCCCCC)CCCCCCCC. The van der Waals surface area contributed by atoms with Gasteiger partial charge >= 0.3 is 0 Å². The summed E-state index contributed by atoms with van der Waals surface area (Å²) >= 11 is 0. The van der Waals surface area contributed by atoms with Crippen LogP contribution in [0.15, 0.2) is 194 Å². The summed E-state index contributed by atoms with van der Waals surface area (Å²) < 4.78 is 14.8. The highest BCUT2D eigenvalue weighted by atomic mass is 16.5. The zero-order chi connectivity index (χ0) is 78.4. The second kappa shape index (κ2) is 37.4. The Labute approximate surface area is 679 Å². The van der Waals surface area contributed by atoms with Crippen molar-refractivity contribution in [2.45, 2.75) is 347 Å². The highest BCUT2D eigenvalue weighted by Crippen LogP contribution is 2.64. The van der Waals surface area contributed by atoms with Crippen LogP contribution in [0.25, 0.3) is 44.5 Å². The van der Waals surface area contributed by atoms with Crippen LogP contribution in [0.3, 0.4) is 0 Å². The maximum Gasteiger partial charge on any atom is 0.0942 e. The van der Waals surface area contributed by atoms with Gasteiger partial charge in [-0.25, -0.2) is 0 Å². The summed E-state index contributed by atoms with van der Waals surface area (Å²) in [4.78, 5) is 5.25. The molecule has 4 aliphatic rings. The molecule has 9 aromatic rings. The van der Waals surface area contributed by atoms with E-state index >= 15 is 0 Å². The number of fused-ring (bicyclic) bond motifs is 8. The van der Waals surface area contributed by atoms with E-state index in [1.165, 1.54) is 255 Å². The Morgan fingerprint density at radius 3 is 0.821 bits per heavy atom. The predicted octanol–water partition coefficient (Wildman–Crippen LogP) is 33.6. The van der Waals surface area contributed by atoms with E-state index in [2.05, 4.69) is 287 Å². The van der Waals surface area contributed by atoms with Crippen molar-refractivity contribution >= 4 is 34.1 Å². The van der Waals surface area contributed by atoms with Gasteiger partial charge in [0.05, 0.1) is 33.8 Å². The molecule has 0 amide bonds. The lowest BCUT2D eigenvalue weighted by atomic mass is 9.68. The van der Waals surface area contributed by atoms with Gasteiger partial charge in [-0.3, -0.25) is 0 Å². The van der Waals surface area contributed by atoms with Crippen molar-refractivity contribution in [3.8, 4) is 44.5 Å². The molecule has 0 radical (unpaired) electrons. The molecule has 2 heterocycles. The number of hydrogen-bond acceptors (Lipinski definition) is 4. The number of unbranched alkanes of at least 4 members (excludes halogenated alkanes) is 20. The lowest BCUT2D eigenvalue weighted by molar-refractivity contribution is -0.151. The van der Waals surface area contributed by atoms with Crippen LogP contribution in [0.4, 0.5) is 34.1 Å². The van der Waals surface area contributed by atoms with Crippen molar-refractivity contribution in [2.24, 2.45) is 0 Å². The summed E-state index contributed by atoms with van der Waals surface area (Å²) in [5.74, 6) is 0. The lowest BCUT2D eigenvalue weighted by Gasteiger charge is -2.36. The largest absolute Gasteiger partial charge is 0.359 e. The minimum atomic E-state index is -0.325. The number of rotatable bonds is 44. The summed E-state index contributed by atoms with van der Waals surface area (Å²) in [7, 11) is 0. The normalized spacial score (nSPS) is 15.9. The van der Waals surface area contributed by atoms with E-state index in [4.69, 9.17) is 9.47 Å².